The van der Waals surface area contributed by atoms with E-state index in [1.807, 2.05) is 50.2 Å². The molecule has 22 heavy (non-hydrogen) atoms. The lowest BCUT2D eigenvalue weighted by Gasteiger charge is -2.10. The third-order valence-corrected chi connectivity index (χ3v) is 4.14. The lowest BCUT2D eigenvalue weighted by Crippen LogP contribution is -2.22. The summed E-state index contributed by atoms with van der Waals surface area (Å²) < 4.78 is 6.69. The molecular formula is C15H19BrIN3OS. The quantitative estimate of drug-likeness (QED) is 0.354. The second-order valence-electron chi connectivity index (χ2n) is 4.72. The van der Waals surface area contributed by atoms with Gasteiger partial charge in [0.05, 0.1) is 16.4 Å². The molecule has 0 fully saturated rings. The van der Waals surface area contributed by atoms with Gasteiger partial charge in [-0.15, -0.1) is 35.3 Å². The Kier molecular flexibility index (Phi) is 8.19. The lowest BCUT2D eigenvalue weighted by molar-refractivity contribution is 0.242. The van der Waals surface area contributed by atoms with Crippen molar-refractivity contribution in [3.63, 3.8) is 0 Å². The van der Waals surface area contributed by atoms with E-state index in [0.29, 0.717) is 12.5 Å². The number of hydrogen-bond acceptors (Lipinski definition) is 3. The van der Waals surface area contributed by atoms with Crippen LogP contribution < -0.4 is 15.8 Å². The highest BCUT2D eigenvalue weighted by atomic mass is 127. The van der Waals surface area contributed by atoms with Gasteiger partial charge in [-0.1, -0.05) is 0 Å². The fourth-order valence-corrected chi connectivity index (χ4v) is 3.08. The van der Waals surface area contributed by atoms with Crippen molar-refractivity contribution >= 4 is 62.9 Å². The molecule has 120 valence electrons. The van der Waals surface area contributed by atoms with Crippen LogP contribution in [0.2, 0.25) is 0 Å². The van der Waals surface area contributed by atoms with Crippen LogP contribution in [0.1, 0.15) is 18.7 Å². The summed E-state index contributed by atoms with van der Waals surface area (Å²) in [4.78, 5) is 5.48. The van der Waals surface area contributed by atoms with Gasteiger partial charge in [-0.25, -0.2) is 4.99 Å². The molecule has 1 aromatic carbocycles. The maximum Gasteiger partial charge on any atom is 0.193 e. The molecule has 0 amide bonds. The summed E-state index contributed by atoms with van der Waals surface area (Å²) >= 11 is 5.08. The number of halogens is 2. The number of rotatable bonds is 5. The number of nitrogens with zero attached hydrogens (tertiary/aromatic N) is 1. The monoisotopic (exact) mass is 495 g/mol. The standard InChI is InChI=1S/C15H18BrN3OS.HI/c1-10(2)20-12-5-3-11(4-6-12)19-15(17)18-9-13-7-8-14(16)21-13;/h3-8,10H,9H2,1-2H3,(H3,17,18,19);1H. The van der Waals surface area contributed by atoms with E-state index in [4.69, 9.17) is 10.5 Å². The molecule has 0 spiro atoms. The van der Waals surface area contributed by atoms with Gasteiger partial charge in [0.25, 0.3) is 0 Å². The second-order valence-corrected chi connectivity index (χ2v) is 7.27. The molecule has 0 saturated carbocycles. The Balaban J connectivity index is 0.00000242. The van der Waals surface area contributed by atoms with Crippen molar-refractivity contribution in [2.24, 2.45) is 10.7 Å². The lowest BCUT2D eigenvalue weighted by atomic mass is 10.3. The van der Waals surface area contributed by atoms with Gasteiger partial charge in [-0.3, -0.25) is 0 Å². The normalized spacial score (nSPS) is 11.2. The second kappa shape index (κ2) is 9.36. The third-order valence-electron chi connectivity index (χ3n) is 2.53. The van der Waals surface area contributed by atoms with Crippen LogP contribution in [0.5, 0.6) is 5.75 Å². The van der Waals surface area contributed by atoms with Gasteiger partial charge < -0.3 is 15.8 Å². The first kappa shape index (κ1) is 19.2. The SMILES string of the molecule is CC(C)Oc1ccc(NC(N)=NCc2ccc(Br)s2)cc1.I. The van der Waals surface area contributed by atoms with E-state index >= 15 is 0 Å². The molecule has 4 nitrogen and oxygen atoms in total. The Morgan fingerprint density at radius 1 is 1.27 bits per heavy atom. The fourth-order valence-electron chi connectivity index (χ4n) is 1.68. The highest BCUT2D eigenvalue weighted by molar-refractivity contribution is 14.0. The summed E-state index contributed by atoms with van der Waals surface area (Å²) in [7, 11) is 0. The minimum atomic E-state index is 0. The van der Waals surface area contributed by atoms with E-state index < -0.39 is 0 Å². The molecule has 1 aromatic heterocycles. The maximum absolute atomic E-state index is 5.88. The first-order valence-corrected chi connectivity index (χ1v) is 8.22. The summed E-state index contributed by atoms with van der Waals surface area (Å²) in [6, 6.07) is 11.7. The zero-order chi connectivity index (χ0) is 15.2. The van der Waals surface area contributed by atoms with Crippen LogP contribution in [-0.4, -0.2) is 12.1 Å². The van der Waals surface area contributed by atoms with E-state index in [1.165, 1.54) is 0 Å². The van der Waals surface area contributed by atoms with Gasteiger partial charge in [0.15, 0.2) is 5.96 Å². The van der Waals surface area contributed by atoms with E-state index in [-0.39, 0.29) is 30.1 Å². The Bertz CT molecular complexity index is 614. The molecule has 0 aliphatic heterocycles. The van der Waals surface area contributed by atoms with Crippen LogP contribution in [0.15, 0.2) is 45.2 Å². The van der Waals surface area contributed by atoms with Crippen LogP contribution in [-0.2, 0) is 6.54 Å². The molecule has 0 atom stereocenters. The molecule has 1 heterocycles. The Labute approximate surface area is 160 Å². The minimum Gasteiger partial charge on any atom is -0.491 e. The number of aliphatic imine (C=N–C) groups is 1. The molecule has 0 aliphatic carbocycles. The summed E-state index contributed by atoms with van der Waals surface area (Å²) in [5.41, 5.74) is 6.77. The van der Waals surface area contributed by atoms with Crippen molar-refractivity contribution in [2.45, 2.75) is 26.5 Å². The predicted octanol–water partition coefficient (Wildman–Crippen LogP) is 4.84. The molecule has 2 rings (SSSR count). The van der Waals surface area contributed by atoms with Crippen molar-refractivity contribution in [3.05, 3.63) is 45.1 Å². The summed E-state index contributed by atoms with van der Waals surface area (Å²) in [6.07, 6.45) is 0.167. The fraction of sp³-hybridized carbons (Fsp3) is 0.267. The van der Waals surface area contributed by atoms with Crippen LogP contribution in [0, 0.1) is 0 Å². The van der Waals surface area contributed by atoms with Crippen molar-refractivity contribution in [2.75, 3.05) is 5.32 Å². The molecule has 0 unspecified atom stereocenters. The number of ether oxygens (including phenoxy) is 1. The molecule has 2 aromatic rings. The van der Waals surface area contributed by atoms with Gasteiger partial charge in [0.2, 0.25) is 0 Å². The zero-order valence-electron chi connectivity index (χ0n) is 12.4. The molecule has 0 saturated heterocycles. The first-order chi connectivity index (χ1) is 10.0. The zero-order valence-corrected chi connectivity index (χ0v) is 17.1. The van der Waals surface area contributed by atoms with Gasteiger partial charge in [0, 0.05) is 10.6 Å². The van der Waals surface area contributed by atoms with Crippen molar-refractivity contribution in [1.82, 2.24) is 0 Å². The number of hydrogen-bond donors (Lipinski definition) is 2. The van der Waals surface area contributed by atoms with Crippen molar-refractivity contribution in [3.8, 4) is 5.75 Å². The number of benzene rings is 1. The Hall–Kier alpha value is -0.800. The van der Waals surface area contributed by atoms with Crippen LogP contribution >= 0.6 is 51.2 Å². The van der Waals surface area contributed by atoms with E-state index in [2.05, 4.69) is 26.2 Å². The Morgan fingerprint density at radius 2 is 1.95 bits per heavy atom. The average Bonchev–Trinajstić information content (AvgIpc) is 2.84. The highest BCUT2D eigenvalue weighted by Gasteiger charge is 2.00. The molecular weight excluding hydrogens is 477 g/mol. The number of nitrogens with one attached hydrogen (secondary N) is 1. The van der Waals surface area contributed by atoms with Gasteiger partial charge in [-0.05, 0) is 66.2 Å². The van der Waals surface area contributed by atoms with E-state index in [1.54, 1.807) is 11.3 Å². The van der Waals surface area contributed by atoms with E-state index in [9.17, 15) is 0 Å². The molecule has 0 aliphatic rings. The first-order valence-electron chi connectivity index (χ1n) is 6.61. The molecule has 7 heteroatoms. The third kappa shape index (κ3) is 6.53. The number of thiophene rings is 1. The number of guanidine groups is 1. The highest BCUT2D eigenvalue weighted by Crippen LogP contribution is 2.22. The molecule has 3 N–H and O–H groups in total. The topological polar surface area (TPSA) is 59.6 Å². The van der Waals surface area contributed by atoms with Crippen LogP contribution in [0.25, 0.3) is 0 Å². The number of nitrogens with two attached hydrogens (primary N) is 1. The van der Waals surface area contributed by atoms with Gasteiger partial charge in [-0.2, -0.15) is 0 Å². The van der Waals surface area contributed by atoms with E-state index in [0.717, 1.165) is 20.1 Å². The van der Waals surface area contributed by atoms with Crippen molar-refractivity contribution in [1.29, 1.82) is 0 Å². The largest absolute Gasteiger partial charge is 0.491 e. The number of anilines is 1. The smallest absolute Gasteiger partial charge is 0.193 e. The minimum absolute atomic E-state index is 0. The van der Waals surface area contributed by atoms with Crippen LogP contribution in [0.3, 0.4) is 0 Å². The summed E-state index contributed by atoms with van der Waals surface area (Å²) in [5.74, 6) is 1.24. The maximum atomic E-state index is 5.88. The summed E-state index contributed by atoms with van der Waals surface area (Å²) in [5, 5.41) is 3.06. The van der Waals surface area contributed by atoms with Crippen LogP contribution in [0.4, 0.5) is 5.69 Å². The Morgan fingerprint density at radius 3 is 2.50 bits per heavy atom. The average molecular weight is 496 g/mol. The molecule has 0 bridgehead atoms. The van der Waals surface area contributed by atoms with Gasteiger partial charge >= 0.3 is 0 Å². The summed E-state index contributed by atoms with van der Waals surface area (Å²) in [6.45, 7) is 4.57. The molecule has 0 radical (unpaired) electrons. The van der Waals surface area contributed by atoms with Crippen molar-refractivity contribution < 1.29 is 4.74 Å². The predicted molar refractivity (Wildman–Crippen MR) is 109 cm³/mol. The van der Waals surface area contributed by atoms with Gasteiger partial charge in [0.1, 0.15) is 5.75 Å².